The van der Waals surface area contributed by atoms with Crippen molar-refractivity contribution in [1.29, 1.82) is 0 Å². The highest BCUT2D eigenvalue weighted by Crippen LogP contribution is 2.45. The highest BCUT2D eigenvalue weighted by Gasteiger charge is 2.33. The van der Waals surface area contributed by atoms with Crippen LogP contribution in [0.3, 0.4) is 0 Å². The normalized spacial score (nSPS) is 15.9. The smallest absolute Gasteiger partial charge is 0.259 e. The Morgan fingerprint density at radius 2 is 1.85 bits per heavy atom. The van der Waals surface area contributed by atoms with Crippen LogP contribution in [0.1, 0.15) is 53.6 Å². The molecule has 1 atom stereocenters. The summed E-state index contributed by atoms with van der Waals surface area (Å²) < 4.78 is 7.08. The summed E-state index contributed by atoms with van der Waals surface area (Å²) in [5, 5.41) is 3.83. The number of thiophene rings is 1. The minimum atomic E-state index is -0.0952. The van der Waals surface area contributed by atoms with E-state index in [-0.39, 0.29) is 11.3 Å². The minimum Gasteiger partial charge on any atom is -0.494 e. The molecule has 0 aliphatic heterocycles. The van der Waals surface area contributed by atoms with Crippen LogP contribution in [-0.2, 0) is 12.8 Å². The van der Waals surface area contributed by atoms with E-state index >= 15 is 0 Å². The van der Waals surface area contributed by atoms with Crippen LogP contribution in [0, 0.1) is 11.3 Å². The van der Waals surface area contributed by atoms with Gasteiger partial charge in [-0.3, -0.25) is 4.79 Å². The van der Waals surface area contributed by atoms with Gasteiger partial charge in [-0.25, -0.2) is 4.99 Å². The lowest BCUT2D eigenvalue weighted by Gasteiger charge is -2.33. The van der Waals surface area contributed by atoms with Gasteiger partial charge in [-0.05, 0) is 97.8 Å². The molecule has 0 radical (unpaired) electrons. The van der Waals surface area contributed by atoms with Gasteiger partial charge in [-0.1, -0.05) is 39.0 Å². The van der Waals surface area contributed by atoms with E-state index in [2.05, 4.69) is 57.9 Å². The first-order chi connectivity index (χ1) is 16.2. The van der Waals surface area contributed by atoms with E-state index in [0.717, 1.165) is 55.8 Å². The molecule has 0 bridgehead atoms. The number of halogens is 2. The van der Waals surface area contributed by atoms with E-state index in [1.165, 1.54) is 4.88 Å². The average molecular weight is 604 g/mol. The number of hydrogen-bond acceptors (Lipinski definition) is 4. The quantitative estimate of drug-likeness (QED) is 0.297. The van der Waals surface area contributed by atoms with Crippen molar-refractivity contribution in [1.82, 2.24) is 0 Å². The molecule has 4 rings (SSSR count). The van der Waals surface area contributed by atoms with E-state index in [4.69, 9.17) is 9.73 Å². The first-order valence-electron chi connectivity index (χ1n) is 11.3. The van der Waals surface area contributed by atoms with Crippen LogP contribution in [0.5, 0.6) is 5.75 Å². The van der Waals surface area contributed by atoms with Crippen LogP contribution in [0.2, 0.25) is 0 Å². The number of aliphatic imine (C=N–C) groups is 1. The standard InChI is InChI=1S/C27H28Br2N2O2S/c1-27(2,3)17-10-11-19-22(14-17)34-26(23(19)25(32)31-18-8-6-5-7-9-18)30-15-16-12-20(28)24(33-4)21(29)13-16/h5-9,12-13,15,17H,10-11,14H2,1-4H3,(H,31,32)/t17-/m0/s1. The SMILES string of the molecule is COc1c(Br)cc(C=Nc2sc3c(c2C(=O)Nc2ccccc2)CC[C@H](C(C)(C)C)C3)cc1Br. The Balaban J connectivity index is 1.72. The van der Waals surface area contributed by atoms with Crippen LogP contribution in [-0.4, -0.2) is 19.2 Å². The lowest BCUT2D eigenvalue weighted by Crippen LogP contribution is -2.27. The Kier molecular flexibility index (Phi) is 7.65. The molecule has 0 spiro atoms. The maximum atomic E-state index is 13.4. The number of benzene rings is 2. The Bertz CT molecular complexity index is 1210. The second-order valence-corrected chi connectivity index (χ2v) is 12.4. The maximum Gasteiger partial charge on any atom is 0.259 e. The van der Waals surface area contributed by atoms with Gasteiger partial charge in [0, 0.05) is 16.8 Å². The van der Waals surface area contributed by atoms with Gasteiger partial charge >= 0.3 is 0 Å². The summed E-state index contributed by atoms with van der Waals surface area (Å²) in [6, 6.07) is 13.5. The highest BCUT2D eigenvalue weighted by molar-refractivity contribution is 9.11. The van der Waals surface area contributed by atoms with Crippen molar-refractivity contribution in [2.75, 3.05) is 12.4 Å². The summed E-state index contributed by atoms with van der Waals surface area (Å²) in [5.41, 5.74) is 3.79. The summed E-state index contributed by atoms with van der Waals surface area (Å²) in [6.45, 7) is 6.91. The molecule has 178 valence electrons. The predicted molar refractivity (Wildman–Crippen MR) is 149 cm³/mol. The first-order valence-corrected chi connectivity index (χ1v) is 13.7. The second kappa shape index (κ2) is 10.3. The van der Waals surface area contributed by atoms with Crippen LogP contribution in [0.4, 0.5) is 10.7 Å². The fourth-order valence-electron chi connectivity index (χ4n) is 4.33. The third-order valence-electron chi connectivity index (χ3n) is 6.29. The largest absolute Gasteiger partial charge is 0.494 e. The van der Waals surface area contributed by atoms with E-state index in [0.29, 0.717) is 11.5 Å². The summed E-state index contributed by atoms with van der Waals surface area (Å²) in [4.78, 5) is 19.5. The van der Waals surface area contributed by atoms with Crippen molar-refractivity contribution in [2.24, 2.45) is 16.3 Å². The van der Waals surface area contributed by atoms with Crippen molar-refractivity contribution in [3.8, 4) is 5.75 Å². The lowest BCUT2D eigenvalue weighted by atomic mass is 9.72. The predicted octanol–water partition coefficient (Wildman–Crippen LogP) is 8.44. The molecular weight excluding hydrogens is 576 g/mol. The number of hydrogen-bond donors (Lipinski definition) is 1. The third-order valence-corrected chi connectivity index (χ3v) is 8.63. The van der Waals surface area contributed by atoms with E-state index in [1.807, 2.05) is 48.7 Å². The number of nitrogens with zero attached hydrogens (tertiary/aromatic N) is 1. The minimum absolute atomic E-state index is 0.0952. The number of methoxy groups -OCH3 is 1. The Hall–Kier alpha value is -1.96. The van der Waals surface area contributed by atoms with Crippen molar-refractivity contribution in [3.63, 3.8) is 0 Å². The van der Waals surface area contributed by atoms with Gasteiger partial charge in [-0.2, -0.15) is 0 Å². The van der Waals surface area contributed by atoms with Crippen molar-refractivity contribution in [2.45, 2.75) is 40.0 Å². The molecule has 1 N–H and O–H groups in total. The van der Waals surface area contributed by atoms with E-state index in [9.17, 15) is 4.79 Å². The molecule has 3 aromatic rings. The average Bonchev–Trinajstić information content (AvgIpc) is 3.15. The molecular formula is C27H28Br2N2O2S. The number of carbonyl (C=O) groups is 1. The summed E-state index contributed by atoms with van der Waals surface area (Å²) in [7, 11) is 1.64. The molecule has 7 heteroatoms. The second-order valence-electron chi connectivity index (χ2n) is 9.59. The molecule has 0 unspecified atom stereocenters. The zero-order chi connectivity index (χ0) is 24.5. The molecule has 0 fully saturated rings. The summed E-state index contributed by atoms with van der Waals surface area (Å²) in [5.74, 6) is 1.23. The topological polar surface area (TPSA) is 50.7 Å². The zero-order valence-electron chi connectivity index (χ0n) is 19.7. The van der Waals surface area contributed by atoms with Gasteiger partial charge in [0.05, 0.1) is 21.6 Å². The number of nitrogens with one attached hydrogen (secondary N) is 1. The lowest BCUT2D eigenvalue weighted by molar-refractivity contribution is 0.102. The van der Waals surface area contributed by atoms with Gasteiger partial charge in [0.2, 0.25) is 0 Å². The summed E-state index contributed by atoms with van der Waals surface area (Å²) in [6.07, 6.45) is 4.79. The van der Waals surface area contributed by atoms with Crippen LogP contribution in [0.15, 0.2) is 56.4 Å². The molecule has 1 amide bonds. The van der Waals surface area contributed by atoms with Crippen molar-refractivity contribution >= 4 is 66.0 Å². The van der Waals surface area contributed by atoms with Gasteiger partial charge in [0.15, 0.2) is 0 Å². The van der Waals surface area contributed by atoms with Gasteiger partial charge in [0.25, 0.3) is 5.91 Å². The molecule has 1 aliphatic rings. The number of amides is 1. The monoisotopic (exact) mass is 602 g/mol. The molecule has 0 saturated heterocycles. The van der Waals surface area contributed by atoms with Crippen LogP contribution < -0.4 is 10.1 Å². The van der Waals surface area contributed by atoms with Crippen LogP contribution in [0.25, 0.3) is 0 Å². The van der Waals surface area contributed by atoms with Crippen molar-refractivity contribution < 1.29 is 9.53 Å². The number of ether oxygens (including phenoxy) is 1. The van der Waals surface area contributed by atoms with E-state index < -0.39 is 0 Å². The fraction of sp³-hybridized carbons (Fsp3) is 0.333. The van der Waals surface area contributed by atoms with Gasteiger partial charge < -0.3 is 10.1 Å². The number of para-hydroxylation sites is 1. The summed E-state index contributed by atoms with van der Waals surface area (Å²) >= 11 is 8.75. The van der Waals surface area contributed by atoms with Gasteiger partial charge in [-0.15, -0.1) is 11.3 Å². The van der Waals surface area contributed by atoms with Crippen LogP contribution >= 0.6 is 43.2 Å². The number of carbonyl (C=O) groups excluding carboxylic acids is 1. The third kappa shape index (κ3) is 5.47. The Labute approximate surface area is 222 Å². The molecule has 1 aromatic heterocycles. The number of fused-ring (bicyclic) bond motifs is 1. The van der Waals surface area contributed by atoms with Crippen molar-refractivity contribution in [3.05, 3.63) is 73.0 Å². The van der Waals surface area contributed by atoms with Gasteiger partial charge in [0.1, 0.15) is 10.8 Å². The van der Waals surface area contributed by atoms with E-state index in [1.54, 1.807) is 18.4 Å². The number of anilines is 1. The molecule has 1 aliphatic carbocycles. The fourth-order valence-corrected chi connectivity index (χ4v) is 7.15. The molecule has 34 heavy (non-hydrogen) atoms. The number of rotatable bonds is 5. The Morgan fingerprint density at radius 3 is 2.47 bits per heavy atom. The molecule has 0 saturated carbocycles. The Morgan fingerprint density at radius 1 is 1.18 bits per heavy atom. The maximum absolute atomic E-state index is 13.4. The first kappa shape index (κ1) is 25.1. The highest BCUT2D eigenvalue weighted by atomic mass is 79.9. The molecule has 1 heterocycles. The molecule has 4 nitrogen and oxygen atoms in total. The molecule has 2 aromatic carbocycles. The zero-order valence-corrected chi connectivity index (χ0v) is 23.7.